The van der Waals surface area contributed by atoms with E-state index in [9.17, 15) is 4.79 Å². The lowest BCUT2D eigenvalue weighted by Crippen LogP contribution is -2.21. The Morgan fingerprint density at radius 3 is 2.53 bits per heavy atom. The molecule has 1 heterocycles. The Balaban J connectivity index is 2.34. The maximum absolute atomic E-state index is 11.4. The molecule has 2 N–H and O–H groups in total. The van der Waals surface area contributed by atoms with Crippen LogP contribution in [-0.2, 0) is 4.79 Å². The number of nitrogens with one attached hydrogen (secondary N) is 2. The first-order chi connectivity index (χ1) is 7.08. The first kappa shape index (κ1) is 10.7. The molecule has 1 atom stereocenters. The van der Waals surface area contributed by atoms with Crippen LogP contribution in [0, 0.1) is 0 Å². The number of rotatable bonds is 1. The number of hydrogen-bond donors (Lipinski definition) is 2. The number of carbonyl (C=O) groups is 1. The summed E-state index contributed by atoms with van der Waals surface area (Å²) in [5.41, 5.74) is 0.738. The molecule has 0 spiro atoms. The minimum absolute atomic E-state index is 0.182. The quantitative estimate of drug-likeness (QED) is 0.760. The first-order valence-electron chi connectivity index (χ1n) is 4.14. The van der Waals surface area contributed by atoms with E-state index in [4.69, 9.17) is 35.4 Å². The summed E-state index contributed by atoms with van der Waals surface area (Å²) in [6, 6.07) is 4.55. The average molecular weight is 261 g/mol. The summed E-state index contributed by atoms with van der Waals surface area (Å²) in [5.74, 6) is -0.182. The van der Waals surface area contributed by atoms with Crippen molar-refractivity contribution in [1.82, 2.24) is 10.6 Å². The summed E-state index contributed by atoms with van der Waals surface area (Å²) in [6.07, 6.45) is 0. The zero-order chi connectivity index (χ0) is 11.0. The Labute approximate surface area is 102 Å². The topological polar surface area (TPSA) is 41.1 Å². The predicted octanol–water partition coefficient (Wildman–Crippen LogP) is 2.04. The van der Waals surface area contributed by atoms with Gasteiger partial charge in [0, 0.05) is 0 Å². The molecular formula is C9H6Cl2N2OS. The van der Waals surface area contributed by atoms with Crippen LogP contribution in [0.15, 0.2) is 18.2 Å². The Morgan fingerprint density at radius 1 is 1.27 bits per heavy atom. The fourth-order valence-electron chi connectivity index (χ4n) is 1.34. The van der Waals surface area contributed by atoms with Crippen molar-refractivity contribution in [2.45, 2.75) is 6.04 Å². The molecule has 1 aliphatic rings. The highest BCUT2D eigenvalue weighted by Gasteiger charge is 2.28. The van der Waals surface area contributed by atoms with E-state index in [1.54, 1.807) is 18.2 Å². The summed E-state index contributed by atoms with van der Waals surface area (Å²) in [6.45, 7) is 0. The second-order valence-electron chi connectivity index (χ2n) is 3.07. The molecule has 1 saturated heterocycles. The molecule has 1 unspecified atom stereocenters. The lowest BCUT2D eigenvalue weighted by molar-refractivity contribution is -0.120. The summed E-state index contributed by atoms with van der Waals surface area (Å²) in [4.78, 5) is 11.4. The molecule has 0 aromatic heterocycles. The highest BCUT2D eigenvalue weighted by atomic mass is 35.5. The van der Waals surface area contributed by atoms with Crippen molar-refractivity contribution in [3.8, 4) is 0 Å². The molecule has 1 fully saturated rings. The minimum atomic E-state index is -0.479. The maximum Gasteiger partial charge on any atom is 0.253 e. The van der Waals surface area contributed by atoms with Crippen LogP contribution in [-0.4, -0.2) is 11.0 Å². The van der Waals surface area contributed by atoms with Crippen molar-refractivity contribution in [2.75, 3.05) is 0 Å². The summed E-state index contributed by atoms with van der Waals surface area (Å²) >= 11 is 16.5. The monoisotopic (exact) mass is 260 g/mol. The number of halogens is 2. The van der Waals surface area contributed by atoms with Gasteiger partial charge in [-0.15, -0.1) is 0 Å². The summed E-state index contributed by atoms with van der Waals surface area (Å²) < 4.78 is 0. The molecule has 1 amide bonds. The zero-order valence-corrected chi connectivity index (χ0v) is 9.71. The smallest absolute Gasteiger partial charge is 0.253 e. The number of hydrogen-bond acceptors (Lipinski definition) is 2. The van der Waals surface area contributed by atoms with Gasteiger partial charge < -0.3 is 10.6 Å². The van der Waals surface area contributed by atoms with Crippen LogP contribution >= 0.6 is 35.4 Å². The summed E-state index contributed by atoms with van der Waals surface area (Å²) in [5, 5.41) is 6.55. The van der Waals surface area contributed by atoms with E-state index in [0.29, 0.717) is 15.2 Å². The molecule has 0 saturated carbocycles. The maximum atomic E-state index is 11.4. The molecule has 1 aromatic rings. The zero-order valence-electron chi connectivity index (χ0n) is 7.38. The van der Waals surface area contributed by atoms with Crippen LogP contribution in [0.1, 0.15) is 11.6 Å². The predicted molar refractivity (Wildman–Crippen MR) is 63.1 cm³/mol. The van der Waals surface area contributed by atoms with E-state index in [1.165, 1.54) is 0 Å². The Morgan fingerprint density at radius 2 is 2.00 bits per heavy atom. The Hall–Kier alpha value is -0.840. The van der Waals surface area contributed by atoms with Gasteiger partial charge in [-0.2, -0.15) is 0 Å². The van der Waals surface area contributed by atoms with Crippen LogP contribution in [0.4, 0.5) is 0 Å². The normalized spacial score (nSPS) is 20.0. The number of carbonyl (C=O) groups excluding carboxylic acids is 1. The van der Waals surface area contributed by atoms with Gasteiger partial charge in [-0.05, 0) is 29.9 Å². The Kier molecular flexibility index (Phi) is 2.82. The van der Waals surface area contributed by atoms with Gasteiger partial charge in [0.2, 0.25) is 0 Å². The number of benzene rings is 1. The fraction of sp³-hybridized carbons (Fsp3) is 0.111. The lowest BCUT2D eigenvalue weighted by atomic mass is 10.1. The highest BCUT2D eigenvalue weighted by molar-refractivity contribution is 7.80. The average Bonchev–Trinajstić information content (AvgIpc) is 2.50. The van der Waals surface area contributed by atoms with Crippen molar-refractivity contribution in [2.24, 2.45) is 0 Å². The molecule has 1 aliphatic heterocycles. The Bertz CT molecular complexity index is 450. The van der Waals surface area contributed by atoms with Gasteiger partial charge >= 0.3 is 0 Å². The fourth-order valence-corrected chi connectivity index (χ4v) is 1.87. The van der Waals surface area contributed by atoms with Crippen LogP contribution < -0.4 is 10.6 Å². The molecular weight excluding hydrogens is 255 g/mol. The van der Waals surface area contributed by atoms with E-state index >= 15 is 0 Å². The van der Waals surface area contributed by atoms with Crippen molar-refractivity contribution in [1.29, 1.82) is 0 Å². The largest absolute Gasteiger partial charge is 0.347 e. The van der Waals surface area contributed by atoms with Crippen LogP contribution in [0.2, 0.25) is 10.0 Å². The van der Waals surface area contributed by atoms with Crippen molar-refractivity contribution in [3.05, 3.63) is 33.8 Å². The number of thiocarbonyl (C=S) groups is 1. The third-order valence-electron chi connectivity index (χ3n) is 2.05. The minimum Gasteiger partial charge on any atom is -0.347 e. The van der Waals surface area contributed by atoms with Crippen LogP contribution in [0.25, 0.3) is 0 Å². The van der Waals surface area contributed by atoms with E-state index in [1.807, 2.05) is 0 Å². The van der Waals surface area contributed by atoms with E-state index < -0.39 is 6.04 Å². The van der Waals surface area contributed by atoms with Gasteiger partial charge in [-0.25, -0.2) is 0 Å². The molecule has 78 valence electrons. The van der Waals surface area contributed by atoms with Crippen molar-refractivity contribution >= 4 is 46.4 Å². The molecule has 0 radical (unpaired) electrons. The number of amides is 1. The second kappa shape index (κ2) is 3.96. The molecule has 15 heavy (non-hydrogen) atoms. The molecule has 0 aliphatic carbocycles. The SMILES string of the molecule is O=C1NC(=S)NC1c1ccc(Cl)c(Cl)c1. The molecule has 1 aromatic carbocycles. The van der Waals surface area contributed by atoms with Crippen molar-refractivity contribution in [3.63, 3.8) is 0 Å². The third-order valence-corrected chi connectivity index (χ3v) is 3.01. The van der Waals surface area contributed by atoms with Gasteiger partial charge in [0.25, 0.3) is 5.91 Å². The first-order valence-corrected chi connectivity index (χ1v) is 5.30. The second-order valence-corrected chi connectivity index (χ2v) is 4.29. The molecule has 0 bridgehead atoms. The van der Waals surface area contributed by atoms with E-state index in [-0.39, 0.29) is 5.91 Å². The van der Waals surface area contributed by atoms with Gasteiger partial charge in [-0.1, -0.05) is 29.3 Å². The standard InChI is InChI=1S/C9H6Cl2N2OS/c10-5-2-1-4(3-6(5)11)7-8(14)13-9(15)12-7/h1-3,7H,(H2,12,13,14,15). The van der Waals surface area contributed by atoms with Crippen LogP contribution in [0.3, 0.4) is 0 Å². The highest BCUT2D eigenvalue weighted by Crippen LogP contribution is 2.26. The van der Waals surface area contributed by atoms with Gasteiger partial charge in [0.1, 0.15) is 6.04 Å². The molecule has 6 heteroatoms. The third kappa shape index (κ3) is 2.07. The van der Waals surface area contributed by atoms with Gasteiger partial charge in [0.05, 0.1) is 10.0 Å². The molecule has 3 nitrogen and oxygen atoms in total. The van der Waals surface area contributed by atoms with E-state index in [0.717, 1.165) is 5.56 Å². The van der Waals surface area contributed by atoms with E-state index in [2.05, 4.69) is 10.6 Å². The lowest BCUT2D eigenvalue weighted by Gasteiger charge is -2.08. The summed E-state index contributed by atoms with van der Waals surface area (Å²) in [7, 11) is 0. The van der Waals surface area contributed by atoms with Crippen LogP contribution in [0.5, 0.6) is 0 Å². The van der Waals surface area contributed by atoms with Gasteiger partial charge in [-0.3, -0.25) is 4.79 Å². The van der Waals surface area contributed by atoms with Crippen molar-refractivity contribution < 1.29 is 4.79 Å². The van der Waals surface area contributed by atoms with Gasteiger partial charge in [0.15, 0.2) is 5.11 Å². The molecule has 2 rings (SSSR count).